The molecule has 2 aromatic rings. The van der Waals surface area contributed by atoms with Crippen molar-refractivity contribution in [3.63, 3.8) is 0 Å². The molecule has 2 rings (SSSR count). The molecule has 1 N–H and O–H groups in total. The molecule has 4 nitrogen and oxygen atoms in total. The fourth-order valence-corrected chi connectivity index (χ4v) is 1.59. The van der Waals surface area contributed by atoms with Crippen LogP contribution in [0.15, 0.2) is 35.1 Å². The minimum atomic E-state index is 0.760. The van der Waals surface area contributed by atoms with Crippen LogP contribution in [0.5, 0.6) is 0 Å². The Labute approximate surface area is 96.5 Å². The highest BCUT2D eigenvalue weighted by Gasteiger charge is 2.01. The van der Waals surface area contributed by atoms with Crippen molar-refractivity contribution in [3.8, 4) is 5.82 Å². The molecule has 0 spiro atoms. The van der Waals surface area contributed by atoms with Crippen LogP contribution in [0.3, 0.4) is 0 Å². The SMILES string of the molecule is CNCc1cccc(-n2cc(Br)cn2)n1. The average molecular weight is 267 g/mol. The molecule has 0 aliphatic rings. The molecule has 78 valence electrons. The second-order valence-electron chi connectivity index (χ2n) is 3.12. The lowest BCUT2D eigenvalue weighted by Crippen LogP contribution is -2.08. The second kappa shape index (κ2) is 4.55. The quantitative estimate of drug-likeness (QED) is 0.921. The number of hydrogen-bond donors (Lipinski definition) is 1. The van der Waals surface area contributed by atoms with E-state index in [1.165, 1.54) is 0 Å². The van der Waals surface area contributed by atoms with Gasteiger partial charge < -0.3 is 5.32 Å². The van der Waals surface area contributed by atoms with Crippen LogP contribution in [0, 0.1) is 0 Å². The van der Waals surface area contributed by atoms with Gasteiger partial charge in [-0.15, -0.1) is 0 Å². The van der Waals surface area contributed by atoms with Crippen LogP contribution in [0.25, 0.3) is 5.82 Å². The van der Waals surface area contributed by atoms with Crippen LogP contribution in [-0.2, 0) is 6.54 Å². The van der Waals surface area contributed by atoms with Crippen molar-refractivity contribution in [2.45, 2.75) is 6.54 Å². The van der Waals surface area contributed by atoms with Crippen LogP contribution < -0.4 is 5.32 Å². The van der Waals surface area contributed by atoms with Crippen molar-refractivity contribution in [2.75, 3.05) is 7.05 Å². The first kappa shape index (κ1) is 10.3. The third kappa shape index (κ3) is 2.43. The Balaban J connectivity index is 2.32. The molecule has 0 saturated heterocycles. The Morgan fingerprint density at radius 1 is 1.47 bits per heavy atom. The molecule has 0 fully saturated rings. The van der Waals surface area contributed by atoms with Crippen LogP contribution in [-0.4, -0.2) is 21.8 Å². The third-order valence-corrected chi connectivity index (χ3v) is 2.35. The van der Waals surface area contributed by atoms with Crippen molar-refractivity contribution in [1.82, 2.24) is 20.1 Å². The summed E-state index contributed by atoms with van der Waals surface area (Å²) in [5, 5.41) is 7.24. The Hall–Kier alpha value is -1.20. The van der Waals surface area contributed by atoms with Crippen molar-refractivity contribution >= 4 is 15.9 Å². The number of halogens is 1. The zero-order chi connectivity index (χ0) is 10.7. The van der Waals surface area contributed by atoms with Gasteiger partial charge in [-0.05, 0) is 35.1 Å². The van der Waals surface area contributed by atoms with E-state index in [1.54, 1.807) is 10.9 Å². The van der Waals surface area contributed by atoms with Crippen LogP contribution in [0.4, 0.5) is 0 Å². The summed E-state index contributed by atoms with van der Waals surface area (Å²) in [4.78, 5) is 4.46. The molecule has 0 atom stereocenters. The highest BCUT2D eigenvalue weighted by atomic mass is 79.9. The van der Waals surface area contributed by atoms with Gasteiger partial charge in [0.05, 0.1) is 16.4 Å². The highest BCUT2D eigenvalue weighted by molar-refractivity contribution is 9.10. The monoisotopic (exact) mass is 266 g/mol. The number of pyridine rings is 1. The predicted molar refractivity (Wildman–Crippen MR) is 61.8 cm³/mol. The standard InChI is InChI=1S/C10H11BrN4/c1-12-6-9-3-2-4-10(14-9)15-7-8(11)5-13-15/h2-5,7,12H,6H2,1H3. The van der Waals surface area contributed by atoms with E-state index in [0.717, 1.165) is 22.5 Å². The normalized spacial score (nSPS) is 10.5. The molecule has 0 saturated carbocycles. The molecule has 2 aromatic heterocycles. The molecule has 0 aliphatic heterocycles. The molecular weight excluding hydrogens is 256 g/mol. The Bertz CT molecular complexity index is 452. The van der Waals surface area contributed by atoms with Crippen LogP contribution in [0.2, 0.25) is 0 Å². The maximum Gasteiger partial charge on any atom is 0.153 e. The van der Waals surface area contributed by atoms with Crippen molar-refractivity contribution < 1.29 is 0 Å². The van der Waals surface area contributed by atoms with Gasteiger partial charge in [0, 0.05) is 12.7 Å². The summed E-state index contributed by atoms with van der Waals surface area (Å²) in [5.41, 5.74) is 1.00. The largest absolute Gasteiger partial charge is 0.314 e. The molecule has 0 unspecified atom stereocenters. The third-order valence-electron chi connectivity index (χ3n) is 1.94. The smallest absolute Gasteiger partial charge is 0.153 e. The average Bonchev–Trinajstić information content (AvgIpc) is 2.66. The summed E-state index contributed by atoms with van der Waals surface area (Å²) < 4.78 is 2.69. The van der Waals surface area contributed by atoms with Gasteiger partial charge in [0.25, 0.3) is 0 Å². The van der Waals surface area contributed by atoms with Crippen molar-refractivity contribution in [3.05, 3.63) is 40.8 Å². The second-order valence-corrected chi connectivity index (χ2v) is 4.04. The fourth-order valence-electron chi connectivity index (χ4n) is 1.30. The van der Waals surface area contributed by atoms with Gasteiger partial charge in [-0.1, -0.05) is 6.07 Å². The van der Waals surface area contributed by atoms with E-state index >= 15 is 0 Å². The van der Waals surface area contributed by atoms with E-state index in [1.807, 2.05) is 31.4 Å². The molecule has 5 heteroatoms. The minimum absolute atomic E-state index is 0.760. The number of aromatic nitrogens is 3. The summed E-state index contributed by atoms with van der Waals surface area (Å²) in [5.74, 6) is 0.827. The zero-order valence-corrected chi connectivity index (χ0v) is 9.90. The molecule has 0 aromatic carbocycles. The summed E-state index contributed by atoms with van der Waals surface area (Å²) in [6.07, 6.45) is 3.62. The van der Waals surface area contributed by atoms with Crippen molar-refractivity contribution in [2.24, 2.45) is 0 Å². The summed E-state index contributed by atoms with van der Waals surface area (Å²) in [7, 11) is 1.90. The number of nitrogens with zero attached hydrogens (tertiary/aromatic N) is 3. The van der Waals surface area contributed by atoms with E-state index in [4.69, 9.17) is 0 Å². The molecule has 2 heterocycles. The number of nitrogens with one attached hydrogen (secondary N) is 1. The summed E-state index contributed by atoms with van der Waals surface area (Å²) in [6.45, 7) is 0.760. The van der Waals surface area contributed by atoms with Gasteiger partial charge in [0.15, 0.2) is 5.82 Å². The first-order valence-corrected chi connectivity index (χ1v) is 5.40. The van der Waals surface area contributed by atoms with Crippen molar-refractivity contribution in [1.29, 1.82) is 0 Å². The van der Waals surface area contributed by atoms with Crippen LogP contribution >= 0.6 is 15.9 Å². The van der Waals surface area contributed by atoms with Gasteiger partial charge in [-0.2, -0.15) is 5.10 Å². The van der Waals surface area contributed by atoms with E-state index in [2.05, 4.69) is 31.3 Å². The van der Waals surface area contributed by atoms with Gasteiger partial charge in [0.1, 0.15) is 0 Å². The minimum Gasteiger partial charge on any atom is -0.314 e. The van der Waals surface area contributed by atoms with E-state index in [0.29, 0.717) is 0 Å². The Kier molecular flexibility index (Phi) is 3.13. The van der Waals surface area contributed by atoms with Crippen LogP contribution in [0.1, 0.15) is 5.69 Å². The Morgan fingerprint density at radius 3 is 3.00 bits per heavy atom. The van der Waals surface area contributed by atoms with Gasteiger partial charge in [-0.25, -0.2) is 9.67 Å². The molecule has 0 aliphatic carbocycles. The zero-order valence-electron chi connectivity index (χ0n) is 8.31. The first-order chi connectivity index (χ1) is 7.29. The summed E-state index contributed by atoms with van der Waals surface area (Å²) in [6, 6.07) is 5.89. The fraction of sp³-hybridized carbons (Fsp3) is 0.200. The summed E-state index contributed by atoms with van der Waals surface area (Å²) >= 11 is 3.36. The number of rotatable bonds is 3. The van der Waals surface area contributed by atoms with Gasteiger partial charge >= 0.3 is 0 Å². The van der Waals surface area contributed by atoms with Gasteiger partial charge in [0.2, 0.25) is 0 Å². The topological polar surface area (TPSA) is 42.7 Å². The molecule has 0 radical (unpaired) electrons. The first-order valence-electron chi connectivity index (χ1n) is 4.60. The lowest BCUT2D eigenvalue weighted by Gasteiger charge is -2.03. The Morgan fingerprint density at radius 2 is 2.33 bits per heavy atom. The molecule has 15 heavy (non-hydrogen) atoms. The maximum absolute atomic E-state index is 4.46. The molecule has 0 bridgehead atoms. The lowest BCUT2D eigenvalue weighted by molar-refractivity contribution is 0.770. The van der Waals surface area contributed by atoms with E-state index < -0.39 is 0 Å². The lowest BCUT2D eigenvalue weighted by atomic mass is 10.3. The molecule has 0 amide bonds. The van der Waals surface area contributed by atoms with E-state index in [-0.39, 0.29) is 0 Å². The predicted octanol–water partition coefficient (Wildman–Crippen LogP) is 1.75. The van der Waals surface area contributed by atoms with E-state index in [9.17, 15) is 0 Å². The maximum atomic E-state index is 4.46. The number of hydrogen-bond acceptors (Lipinski definition) is 3. The highest BCUT2D eigenvalue weighted by Crippen LogP contribution is 2.10. The van der Waals surface area contributed by atoms with Gasteiger partial charge in [-0.3, -0.25) is 0 Å². The molecular formula is C10H11BrN4.